The summed E-state index contributed by atoms with van der Waals surface area (Å²) in [5.74, 6) is 0.139. The third-order valence-corrected chi connectivity index (χ3v) is 3.65. The summed E-state index contributed by atoms with van der Waals surface area (Å²) in [5, 5.41) is 9.00. The number of benzene rings is 1. The van der Waals surface area contributed by atoms with Crippen molar-refractivity contribution in [3.8, 4) is 11.5 Å². The Kier molecular flexibility index (Phi) is 5.44. The molecule has 0 aromatic heterocycles. The van der Waals surface area contributed by atoms with Crippen LogP contribution in [0.25, 0.3) is 0 Å². The summed E-state index contributed by atoms with van der Waals surface area (Å²) in [6.45, 7) is 3.12. The third kappa shape index (κ3) is 4.36. The molecule has 1 aliphatic heterocycles. The summed E-state index contributed by atoms with van der Waals surface area (Å²) in [5.41, 5.74) is 0.938. The molecular formula is C16H22O5. The minimum absolute atomic E-state index is 0.125. The second-order valence-corrected chi connectivity index (χ2v) is 5.36. The van der Waals surface area contributed by atoms with Crippen LogP contribution in [0.3, 0.4) is 0 Å². The monoisotopic (exact) mass is 294 g/mol. The van der Waals surface area contributed by atoms with Gasteiger partial charge in [-0.25, -0.2) is 0 Å². The molecule has 1 fully saturated rings. The van der Waals surface area contributed by atoms with E-state index in [1.807, 2.05) is 18.2 Å². The molecule has 0 radical (unpaired) electrons. The van der Waals surface area contributed by atoms with Crippen LogP contribution < -0.4 is 9.47 Å². The Morgan fingerprint density at radius 2 is 2.10 bits per heavy atom. The summed E-state index contributed by atoms with van der Waals surface area (Å²) in [6.07, 6.45) is 2.32. The molecule has 1 N–H and O–H groups in total. The van der Waals surface area contributed by atoms with Gasteiger partial charge < -0.3 is 19.3 Å². The van der Waals surface area contributed by atoms with Crippen LogP contribution in [0.2, 0.25) is 0 Å². The van der Waals surface area contributed by atoms with Crippen LogP contribution in [0.4, 0.5) is 0 Å². The largest absolute Gasteiger partial charge is 0.493 e. The first-order chi connectivity index (χ1) is 10.1. The van der Waals surface area contributed by atoms with E-state index in [0.29, 0.717) is 31.1 Å². The summed E-state index contributed by atoms with van der Waals surface area (Å²) in [4.78, 5) is 11.0. The number of rotatable bonds is 6. The van der Waals surface area contributed by atoms with Crippen molar-refractivity contribution in [2.24, 2.45) is 5.92 Å². The van der Waals surface area contributed by atoms with Crippen molar-refractivity contribution in [1.29, 1.82) is 0 Å². The van der Waals surface area contributed by atoms with E-state index < -0.39 is 11.9 Å². The molecule has 1 aromatic carbocycles. The smallest absolute Gasteiger partial charge is 0.306 e. The van der Waals surface area contributed by atoms with Crippen molar-refractivity contribution in [2.45, 2.75) is 32.3 Å². The highest BCUT2D eigenvalue weighted by atomic mass is 16.5. The standard InChI is InChI=1S/C16H22O5/c1-11(16(17)18)9-12-3-4-14(19-2)15(10-12)21-13-5-7-20-8-6-13/h3-4,10-11,13H,5-9H2,1-2H3,(H,17,18). The molecule has 0 amide bonds. The van der Waals surface area contributed by atoms with Crippen LogP contribution >= 0.6 is 0 Å². The second-order valence-electron chi connectivity index (χ2n) is 5.36. The number of carboxylic acids is 1. The lowest BCUT2D eigenvalue weighted by atomic mass is 10.0. The van der Waals surface area contributed by atoms with E-state index in [-0.39, 0.29) is 6.10 Å². The zero-order valence-electron chi connectivity index (χ0n) is 12.5. The highest BCUT2D eigenvalue weighted by Gasteiger charge is 2.18. The van der Waals surface area contributed by atoms with E-state index in [0.717, 1.165) is 18.4 Å². The van der Waals surface area contributed by atoms with Crippen molar-refractivity contribution in [1.82, 2.24) is 0 Å². The maximum Gasteiger partial charge on any atom is 0.306 e. The molecule has 116 valence electrons. The van der Waals surface area contributed by atoms with Crippen LogP contribution in [-0.2, 0) is 16.0 Å². The number of carbonyl (C=O) groups is 1. The summed E-state index contributed by atoms with van der Waals surface area (Å²) < 4.78 is 16.6. The molecule has 1 heterocycles. The lowest BCUT2D eigenvalue weighted by Crippen LogP contribution is -2.26. The molecule has 21 heavy (non-hydrogen) atoms. The lowest BCUT2D eigenvalue weighted by Gasteiger charge is -2.24. The van der Waals surface area contributed by atoms with Crippen molar-refractivity contribution in [3.63, 3.8) is 0 Å². The third-order valence-electron chi connectivity index (χ3n) is 3.65. The van der Waals surface area contributed by atoms with Gasteiger partial charge >= 0.3 is 5.97 Å². The zero-order chi connectivity index (χ0) is 15.2. The number of hydrogen-bond acceptors (Lipinski definition) is 4. The fourth-order valence-corrected chi connectivity index (χ4v) is 2.35. The normalized spacial score (nSPS) is 17.2. The Morgan fingerprint density at radius 1 is 1.38 bits per heavy atom. The van der Waals surface area contributed by atoms with E-state index in [1.54, 1.807) is 14.0 Å². The van der Waals surface area contributed by atoms with Gasteiger partial charge in [0.25, 0.3) is 0 Å². The lowest BCUT2D eigenvalue weighted by molar-refractivity contribution is -0.141. The molecule has 5 nitrogen and oxygen atoms in total. The predicted molar refractivity (Wildman–Crippen MR) is 78.0 cm³/mol. The number of carboxylic acid groups (broad SMARTS) is 1. The van der Waals surface area contributed by atoms with Gasteiger partial charge in [0, 0.05) is 12.8 Å². The summed E-state index contributed by atoms with van der Waals surface area (Å²) >= 11 is 0. The van der Waals surface area contributed by atoms with Crippen LogP contribution in [-0.4, -0.2) is 37.5 Å². The second kappa shape index (κ2) is 7.31. The van der Waals surface area contributed by atoms with E-state index in [2.05, 4.69) is 0 Å². The van der Waals surface area contributed by atoms with Crippen LogP contribution in [0, 0.1) is 5.92 Å². The Morgan fingerprint density at radius 3 is 2.71 bits per heavy atom. The first-order valence-corrected chi connectivity index (χ1v) is 7.24. The van der Waals surface area contributed by atoms with E-state index >= 15 is 0 Å². The molecule has 1 saturated heterocycles. The fourth-order valence-electron chi connectivity index (χ4n) is 2.35. The maximum atomic E-state index is 11.0. The highest BCUT2D eigenvalue weighted by molar-refractivity contribution is 5.70. The minimum atomic E-state index is -0.794. The number of methoxy groups -OCH3 is 1. The van der Waals surface area contributed by atoms with Gasteiger partial charge in [0.1, 0.15) is 6.10 Å². The molecule has 1 aliphatic rings. The molecular weight excluding hydrogens is 272 g/mol. The number of aliphatic carboxylic acids is 1. The fraction of sp³-hybridized carbons (Fsp3) is 0.562. The maximum absolute atomic E-state index is 11.0. The Balaban J connectivity index is 2.11. The zero-order valence-corrected chi connectivity index (χ0v) is 12.5. The first-order valence-electron chi connectivity index (χ1n) is 7.24. The molecule has 1 unspecified atom stereocenters. The summed E-state index contributed by atoms with van der Waals surface area (Å²) in [7, 11) is 1.60. The van der Waals surface area contributed by atoms with Gasteiger partial charge in [0.05, 0.1) is 26.2 Å². The van der Waals surface area contributed by atoms with Crippen LogP contribution in [0.1, 0.15) is 25.3 Å². The van der Waals surface area contributed by atoms with E-state index in [1.165, 1.54) is 0 Å². The molecule has 1 atom stereocenters. The Hall–Kier alpha value is -1.75. The van der Waals surface area contributed by atoms with Gasteiger partial charge in [-0.05, 0) is 24.1 Å². The van der Waals surface area contributed by atoms with Crippen molar-refractivity contribution in [2.75, 3.05) is 20.3 Å². The topological polar surface area (TPSA) is 65.0 Å². The van der Waals surface area contributed by atoms with Crippen molar-refractivity contribution >= 4 is 5.97 Å². The molecule has 0 aliphatic carbocycles. The Bertz CT molecular complexity index is 480. The van der Waals surface area contributed by atoms with E-state index in [9.17, 15) is 4.79 Å². The summed E-state index contributed by atoms with van der Waals surface area (Å²) in [6, 6.07) is 5.60. The van der Waals surface area contributed by atoms with Gasteiger partial charge in [-0.15, -0.1) is 0 Å². The SMILES string of the molecule is COc1ccc(CC(C)C(=O)O)cc1OC1CCOCC1. The van der Waals surface area contributed by atoms with Gasteiger partial charge in [0.2, 0.25) is 0 Å². The van der Waals surface area contributed by atoms with Gasteiger partial charge in [-0.2, -0.15) is 0 Å². The molecule has 2 rings (SSSR count). The average Bonchev–Trinajstić information content (AvgIpc) is 2.48. The van der Waals surface area contributed by atoms with Gasteiger partial charge in [-0.3, -0.25) is 4.79 Å². The van der Waals surface area contributed by atoms with Crippen molar-refractivity contribution < 1.29 is 24.1 Å². The molecule has 5 heteroatoms. The van der Waals surface area contributed by atoms with Crippen LogP contribution in [0.15, 0.2) is 18.2 Å². The quantitative estimate of drug-likeness (QED) is 0.873. The van der Waals surface area contributed by atoms with Gasteiger partial charge in [0.15, 0.2) is 11.5 Å². The van der Waals surface area contributed by atoms with Crippen LogP contribution in [0.5, 0.6) is 11.5 Å². The number of ether oxygens (including phenoxy) is 3. The number of hydrogen-bond donors (Lipinski definition) is 1. The van der Waals surface area contributed by atoms with E-state index in [4.69, 9.17) is 19.3 Å². The van der Waals surface area contributed by atoms with Gasteiger partial charge in [-0.1, -0.05) is 13.0 Å². The van der Waals surface area contributed by atoms with Crippen molar-refractivity contribution in [3.05, 3.63) is 23.8 Å². The Labute approximate surface area is 124 Å². The minimum Gasteiger partial charge on any atom is -0.493 e. The predicted octanol–water partition coefficient (Wildman–Crippen LogP) is 2.52. The molecule has 0 bridgehead atoms. The molecule has 1 aromatic rings. The highest BCUT2D eigenvalue weighted by Crippen LogP contribution is 2.31. The first kappa shape index (κ1) is 15.6. The molecule has 0 spiro atoms. The molecule has 0 saturated carbocycles. The average molecular weight is 294 g/mol.